The number of nitrogens with zero attached hydrogens (tertiary/aromatic N) is 1. The third-order valence-corrected chi connectivity index (χ3v) is 5.35. The van der Waals surface area contributed by atoms with E-state index in [0.717, 1.165) is 11.1 Å². The number of carboxylic acid groups (broad SMARTS) is 1. The summed E-state index contributed by atoms with van der Waals surface area (Å²) in [5.74, 6) is -0.970. The van der Waals surface area contributed by atoms with E-state index >= 15 is 0 Å². The van der Waals surface area contributed by atoms with Crippen LogP contribution in [0.2, 0.25) is 0 Å². The van der Waals surface area contributed by atoms with E-state index in [2.05, 4.69) is 16.7 Å². The number of carbonyl (C=O) groups is 3. The van der Waals surface area contributed by atoms with Gasteiger partial charge in [-0.05, 0) is 86.3 Å². The van der Waals surface area contributed by atoms with Crippen LogP contribution in [0, 0.1) is 11.3 Å². The molecule has 9 nitrogen and oxygen atoms in total. The zero-order valence-electron chi connectivity index (χ0n) is 20.8. The number of thiophene rings is 2. The Morgan fingerprint density at radius 1 is 0.914 bits per heavy atom. The Balaban J connectivity index is 0.000000351. The minimum Gasteiger partial charge on any atom is -0.481 e. The van der Waals surface area contributed by atoms with Crippen molar-refractivity contribution < 1.29 is 29.0 Å². The third kappa shape index (κ3) is 13.4. The van der Waals surface area contributed by atoms with Gasteiger partial charge in [0.05, 0.1) is 31.0 Å². The van der Waals surface area contributed by atoms with Crippen LogP contribution in [-0.4, -0.2) is 34.5 Å². The molecule has 2 rings (SSSR count). The van der Waals surface area contributed by atoms with Crippen LogP contribution in [-0.2, 0) is 14.3 Å². The molecular formula is C24H33N3O6S2. The van der Waals surface area contributed by atoms with E-state index in [4.69, 9.17) is 19.8 Å². The number of hydrogen-bond donors (Lipinski definition) is 3. The first-order valence-corrected chi connectivity index (χ1v) is 12.7. The lowest BCUT2D eigenvalue weighted by Crippen LogP contribution is -2.35. The molecule has 192 valence electrons. The molecule has 0 fully saturated rings. The number of aliphatic carboxylic acids is 1. The average molecular weight is 524 g/mol. The molecule has 0 aliphatic heterocycles. The van der Waals surface area contributed by atoms with Crippen LogP contribution in [0.3, 0.4) is 0 Å². The fourth-order valence-corrected chi connectivity index (χ4v) is 4.04. The Labute approximate surface area is 214 Å². The summed E-state index contributed by atoms with van der Waals surface area (Å²) in [6.45, 7) is 10.7. The van der Waals surface area contributed by atoms with Crippen LogP contribution in [0.15, 0.2) is 33.7 Å². The zero-order valence-corrected chi connectivity index (χ0v) is 22.4. The van der Waals surface area contributed by atoms with Crippen molar-refractivity contribution >= 4 is 40.8 Å². The van der Waals surface area contributed by atoms with Gasteiger partial charge in [0.2, 0.25) is 0 Å². The van der Waals surface area contributed by atoms with Gasteiger partial charge in [-0.15, -0.1) is 0 Å². The summed E-state index contributed by atoms with van der Waals surface area (Å²) < 4.78 is 10.3. The van der Waals surface area contributed by atoms with E-state index in [-0.39, 0.29) is 18.9 Å². The van der Waals surface area contributed by atoms with Crippen molar-refractivity contribution in [3.05, 3.63) is 44.8 Å². The van der Waals surface area contributed by atoms with Gasteiger partial charge < -0.3 is 25.2 Å². The number of amides is 2. The van der Waals surface area contributed by atoms with E-state index in [1.807, 2.05) is 27.6 Å². The number of alkyl carbamates (subject to hydrolysis) is 2. The maximum atomic E-state index is 11.6. The van der Waals surface area contributed by atoms with Crippen LogP contribution in [0.4, 0.5) is 9.59 Å². The average Bonchev–Trinajstić information content (AvgIpc) is 3.38. The molecule has 0 spiro atoms. The van der Waals surface area contributed by atoms with Gasteiger partial charge in [-0.1, -0.05) is 0 Å². The van der Waals surface area contributed by atoms with Crippen molar-refractivity contribution in [3.8, 4) is 6.07 Å². The van der Waals surface area contributed by atoms with Gasteiger partial charge >= 0.3 is 18.2 Å². The first kappa shape index (κ1) is 29.9. The molecule has 0 aliphatic rings. The molecular weight excluding hydrogens is 490 g/mol. The van der Waals surface area contributed by atoms with Crippen molar-refractivity contribution in [2.45, 2.75) is 77.7 Å². The molecule has 0 aliphatic carbocycles. The molecule has 2 aromatic heterocycles. The Bertz CT molecular complexity index is 971. The highest BCUT2D eigenvalue weighted by molar-refractivity contribution is 7.08. The lowest BCUT2D eigenvalue weighted by molar-refractivity contribution is -0.137. The highest BCUT2D eigenvalue weighted by Gasteiger charge is 2.23. The van der Waals surface area contributed by atoms with E-state index in [1.54, 1.807) is 47.6 Å². The normalized spacial score (nSPS) is 12.7. The van der Waals surface area contributed by atoms with Crippen LogP contribution < -0.4 is 10.6 Å². The van der Waals surface area contributed by atoms with Gasteiger partial charge in [0.25, 0.3) is 0 Å². The standard InChI is InChI=1S/C12H16N2O2S.C12H17NO4S/c1-12(2,3)16-11(15)14-10(4-6-13)9-5-7-17-8-9;1-12(2,3)17-11(16)13-9(6-10(14)15)8-4-5-18-7-8/h5,7-8,10H,4H2,1-3H3,(H,14,15);4-5,7,9H,6H2,1-3H3,(H,13,16)(H,14,15). The molecule has 35 heavy (non-hydrogen) atoms. The first-order valence-electron chi connectivity index (χ1n) is 10.8. The summed E-state index contributed by atoms with van der Waals surface area (Å²) in [7, 11) is 0. The van der Waals surface area contributed by atoms with E-state index in [1.165, 1.54) is 22.7 Å². The molecule has 0 bridgehead atoms. The number of nitrogens with one attached hydrogen (secondary N) is 2. The third-order valence-electron chi connectivity index (χ3n) is 3.95. The number of nitriles is 1. The smallest absolute Gasteiger partial charge is 0.408 e. The van der Waals surface area contributed by atoms with Crippen molar-refractivity contribution in [2.75, 3.05) is 0 Å². The number of rotatable bonds is 7. The summed E-state index contributed by atoms with van der Waals surface area (Å²) in [4.78, 5) is 34.0. The molecule has 2 amide bonds. The molecule has 2 heterocycles. The van der Waals surface area contributed by atoms with Gasteiger partial charge in [-0.25, -0.2) is 9.59 Å². The molecule has 0 saturated heterocycles. The first-order chi connectivity index (χ1) is 16.2. The molecule has 2 aromatic rings. The molecule has 0 saturated carbocycles. The van der Waals surface area contributed by atoms with Crippen molar-refractivity contribution in [3.63, 3.8) is 0 Å². The Hall–Kier alpha value is -3.10. The van der Waals surface area contributed by atoms with Gasteiger partial charge in [-0.2, -0.15) is 27.9 Å². The monoisotopic (exact) mass is 523 g/mol. The SMILES string of the molecule is CC(C)(C)OC(=O)NC(CC#N)c1ccsc1.CC(C)(C)OC(=O)NC(CC(=O)O)c1ccsc1. The largest absolute Gasteiger partial charge is 0.481 e. The summed E-state index contributed by atoms with van der Waals surface area (Å²) in [6, 6.07) is 4.87. The van der Waals surface area contributed by atoms with Gasteiger partial charge in [-0.3, -0.25) is 4.79 Å². The Morgan fingerprint density at radius 3 is 1.69 bits per heavy atom. The van der Waals surface area contributed by atoms with E-state index in [0.29, 0.717) is 0 Å². The predicted octanol–water partition coefficient (Wildman–Crippen LogP) is 6.02. The highest BCUT2D eigenvalue weighted by atomic mass is 32.1. The van der Waals surface area contributed by atoms with E-state index < -0.39 is 35.4 Å². The van der Waals surface area contributed by atoms with Gasteiger partial charge in [0, 0.05) is 0 Å². The number of ether oxygens (including phenoxy) is 2. The van der Waals surface area contributed by atoms with Crippen LogP contribution in [0.5, 0.6) is 0 Å². The lowest BCUT2D eigenvalue weighted by Gasteiger charge is -2.22. The molecule has 0 aromatic carbocycles. The number of carboxylic acids is 1. The fraction of sp³-hybridized carbons (Fsp3) is 0.500. The second-order valence-electron chi connectivity index (χ2n) is 9.47. The fourth-order valence-electron chi connectivity index (χ4n) is 2.62. The summed E-state index contributed by atoms with van der Waals surface area (Å²) >= 11 is 2.98. The van der Waals surface area contributed by atoms with Crippen molar-refractivity contribution in [2.24, 2.45) is 0 Å². The maximum absolute atomic E-state index is 11.6. The summed E-state index contributed by atoms with van der Waals surface area (Å²) in [5, 5.41) is 30.3. The minimum atomic E-state index is -0.970. The minimum absolute atomic E-state index is 0.171. The zero-order chi connectivity index (χ0) is 26.6. The quantitative estimate of drug-likeness (QED) is 0.403. The molecule has 0 radical (unpaired) electrons. The van der Waals surface area contributed by atoms with Gasteiger partial charge in [0.1, 0.15) is 11.2 Å². The van der Waals surface area contributed by atoms with Crippen LogP contribution >= 0.6 is 22.7 Å². The second-order valence-corrected chi connectivity index (χ2v) is 11.0. The highest BCUT2D eigenvalue weighted by Crippen LogP contribution is 2.21. The topological polar surface area (TPSA) is 138 Å². The Morgan fingerprint density at radius 2 is 1.34 bits per heavy atom. The van der Waals surface area contributed by atoms with Crippen LogP contribution in [0.25, 0.3) is 0 Å². The lowest BCUT2D eigenvalue weighted by atomic mass is 10.1. The number of hydrogen-bond acceptors (Lipinski definition) is 8. The molecule has 3 N–H and O–H groups in total. The van der Waals surface area contributed by atoms with Crippen molar-refractivity contribution in [1.29, 1.82) is 5.26 Å². The van der Waals surface area contributed by atoms with Gasteiger partial charge in [0.15, 0.2) is 0 Å². The molecule has 2 unspecified atom stereocenters. The summed E-state index contributed by atoms with van der Waals surface area (Å²) in [5.41, 5.74) is 0.568. The summed E-state index contributed by atoms with van der Waals surface area (Å²) in [6.07, 6.45) is -1.05. The maximum Gasteiger partial charge on any atom is 0.408 e. The molecule has 11 heteroatoms. The van der Waals surface area contributed by atoms with Crippen molar-refractivity contribution in [1.82, 2.24) is 10.6 Å². The van der Waals surface area contributed by atoms with E-state index in [9.17, 15) is 14.4 Å². The number of carbonyl (C=O) groups excluding carboxylic acids is 2. The van der Waals surface area contributed by atoms with Crippen LogP contribution in [0.1, 0.15) is 77.6 Å². The second kappa shape index (κ2) is 13.7. The predicted molar refractivity (Wildman–Crippen MR) is 135 cm³/mol. The molecule has 2 atom stereocenters. The Kier molecular flexibility index (Phi) is 11.7.